The maximum absolute atomic E-state index is 12.3. The van der Waals surface area contributed by atoms with Gasteiger partial charge in [-0.05, 0) is 44.0 Å². The van der Waals surface area contributed by atoms with Gasteiger partial charge in [-0.1, -0.05) is 21.1 Å². The van der Waals surface area contributed by atoms with Crippen LogP contribution in [0.15, 0.2) is 39.3 Å². The molecule has 0 aliphatic carbocycles. The number of aromatic nitrogens is 1. The first-order valence-electron chi connectivity index (χ1n) is 7.82. The molecule has 6 nitrogen and oxygen atoms in total. The highest BCUT2D eigenvalue weighted by atomic mass is 79.9. The number of nitrogens with zero attached hydrogens (tertiary/aromatic N) is 2. The van der Waals surface area contributed by atoms with Crippen molar-refractivity contribution >= 4 is 27.7 Å². The van der Waals surface area contributed by atoms with E-state index in [1.54, 1.807) is 30.0 Å². The van der Waals surface area contributed by atoms with Crippen LogP contribution in [0.3, 0.4) is 0 Å². The fourth-order valence-electron chi connectivity index (χ4n) is 2.73. The lowest BCUT2D eigenvalue weighted by Crippen LogP contribution is -2.46. The standard InChI is InChI=1S/C17H18BrN3O3/c1-11-10-15(20-24-11)17(23)21-8-6-14(7-9-21)19-16(22)12-2-4-13(18)5-3-12/h2-5,10,14H,6-9H2,1H3,(H,19,22). The molecule has 1 N–H and O–H groups in total. The van der Waals surface area contributed by atoms with Crippen LogP contribution in [0.25, 0.3) is 0 Å². The number of benzene rings is 1. The van der Waals surface area contributed by atoms with E-state index in [-0.39, 0.29) is 17.9 Å². The molecule has 3 rings (SSSR count). The Kier molecular flexibility index (Phi) is 4.99. The number of nitrogens with one attached hydrogen (secondary N) is 1. The summed E-state index contributed by atoms with van der Waals surface area (Å²) in [7, 11) is 0. The Balaban J connectivity index is 1.52. The van der Waals surface area contributed by atoms with Gasteiger partial charge in [-0.2, -0.15) is 0 Å². The minimum absolute atomic E-state index is 0.0734. The van der Waals surface area contributed by atoms with Crippen LogP contribution in [-0.2, 0) is 0 Å². The lowest BCUT2D eigenvalue weighted by Gasteiger charge is -2.31. The smallest absolute Gasteiger partial charge is 0.276 e. The molecule has 1 saturated heterocycles. The second-order valence-electron chi connectivity index (χ2n) is 5.87. The molecule has 1 aliphatic rings. The second kappa shape index (κ2) is 7.17. The molecule has 0 saturated carbocycles. The van der Waals surface area contributed by atoms with E-state index in [9.17, 15) is 9.59 Å². The van der Waals surface area contributed by atoms with Gasteiger partial charge < -0.3 is 14.7 Å². The molecule has 0 atom stereocenters. The Morgan fingerprint density at radius 2 is 1.92 bits per heavy atom. The minimum atomic E-state index is -0.121. The highest BCUT2D eigenvalue weighted by Gasteiger charge is 2.26. The number of piperidine rings is 1. The topological polar surface area (TPSA) is 75.4 Å². The quantitative estimate of drug-likeness (QED) is 0.872. The lowest BCUT2D eigenvalue weighted by atomic mass is 10.0. The van der Waals surface area contributed by atoms with Gasteiger partial charge in [0.2, 0.25) is 0 Å². The molecule has 1 aromatic carbocycles. The molecule has 1 aliphatic heterocycles. The van der Waals surface area contributed by atoms with Crippen LogP contribution in [-0.4, -0.2) is 41.0 Å². The van der Waals surface area contributed by atoms with Crippen LogP contribution in [0.2, 0.25) is 0 Å². The van der Waals surface area contributed by atoms with Gasteiger partial charge in [-0.25, -0.2) is 0 Å². The predicted molar refractivity (Wildman–Crippen MR) is 91.8 cm³/mol. The van der Waals surface area contributed by atoms with Gasteiger partial charge in [-0.3, -0.25) is 9.59 Å². The van der Waals surface area contributed by atoms with Crippen molar-refractivity contribution in [2.45, 2.75) is 25.8 Å². The average Bonchev–Trinajstić information content (AvgIpc) is 3.02. The largest absolute Gasteiger partial charge is 0.361 e. The molecule has 2 amide bonds. The van der Waals surface area contributed by atoms with Crippen molar-refractivity contribution in [3.8, 4) is 0 Å². The number of rotatable bonds is 3. The summed E-state index contributed by atoms with van der Waals surface area (Å²) in [6.07, 6.45) is 1.45. The van der Waals surface area contributed by atoms with E-state index in [0.29, 0.717) is 30.1 Å². The summed E-state index contributed by atoms with van der Waals surface area (Å²) in [6.45, 7) is 2.94. The van der Waals surface area contributed by atoms with Gasteiger partial charge in [-0.15, -0.1) is 0 Å². The zero-order valence-electron chi connectivity index (χ0n) is 13.3. The molecule has 0 spiro atoms. The molecule has 1 fully saturated rings. The Hall–Kier alpha value is -2.15. The van der Waals surface area contributed by atoms with Crippen molar-refractivity contribution in [3.05, 3.63) is 51.8 Å². The third kappa shape index (κ3) is 3.84. The molecule has 1 aromatic heterocycles. The fraction of sp³-hybridized carbons (Fsp3) is 0.353. The molecule has 24 heavy (non-hydrogen) atoms. The first-order chi connectivity index (χ1) is 11.5. The van der Waals surface area contributed by atoms with E-state index >= 15 is 0 Å². The SMILES string of the molecule is Cc1cc(C(=O)N2CCC(NC(=O)c3ccc(Br)cc3)CC2)no1. The molecule has 2 heterocycles. The zero-order valence-corrected chi connectivity index (χ0v) is 14.9. The Labute approximate surface area is 148 Å². The molecule has 7 heteroatoms. The maximum atomic E-state index is 12.3. The molecule has 2 aromatic rings. The number of carbonyl (C=O) groups excluding carboxylic acids is 2. The summed E-state index contributed by atoms with van der Waals surface area (Å²) in [4.78, 5) is 26.3. The van der Waals surface area contributed by atoms with Crippen LogP contribution >= 0.6 is 15.9 Å². The van der Waals surface area contributed by atoms with E-state index in [1.165, 1.54) is 0 Å². The van der Waals surface area contributed by atoms with E-state index in [4.69, 9.17) is 4.52 Å². The summed E-state index contributed by atoms with van der Waals surface area (Å²) < 4.78 is 5.89. The molecular formula is C17H18BrN3O3. The normalized spacial score (nSPS) is 15.3. The van der Waals surface area contributed by atoms with Crippen LogP contribution in [0.4, 0.5) is 0 Å². The average molecular weight is 392 g/mol. The number of aryl methyl sites for hydroxylation is 1. The van der Waals surface area contributed by atoms with Crippen molar-refractivity contribution in [3.63, 3.8) is 0 Å². The summed E-state index contributed by atoms with van der Waals surface area (Å²) in [5.74, 6) is 0.416. The molecule has 0 radical (unpaired) electrons. The van der Waals surface area contributed by atoms with Crippen LogP contribution in [0.5, 0.6) is 0 Å². The Morgan fingerprint density at radius 3 is 2.50 bits per heavy atom. The Morgan fingerprint density at radius 1 is 1.25 bits per heavy atom. The second-order valence-corrected chi connectivity index (χ2v) is 6.79. The summed E-state index contributed by atoms with van der Waals surface area (Å²) in [5.41, 5.74) is 0.972. The third-order valence-corrected chi connectivity index (χ3v) is 4.60. The van der Waals surface area contributed by atoms with Gasteiger partial charge in [0.15, 0.2) is 5.69 Å². The summed E-state index contributed by atoms with van der Waals surface area (Å²) in [5, 5.41) is 6.80. The Bertz CT molecular complexity index is 734. The van der Waals surface area contributed by atoms with Gasteiger partial charge in [0.25, 0.3) is 11.8 Å². The maximum Gasteiger partial charge on any atom is 0.276 e. The number of hydrogen-bond donors (Lipinski definition) is 1. The number of carbonyl (C=O) groups is 2. The van der Waals surface area contributed by atoms with Gasteiger partial charge in [0, 0.05) is 35.2 Å². The van der Waals surface area contributed by atoms with E-state index < -0.39 is 0 Å². The van der Waals surface area contributed by atoms with Crippen molar-refractivity contribution in [2.75, 3.05) is 13.1 Å². The van der Waals surface area contributed by atoms with E-state index in [0.717, 1.165) is 17.3 Å². The number of hydrogen-bond acceptors (Lipinski definition) is 4. The highest BCUT2D eigenvalue weighted by Crippen LogP contribution is 2.15. The fourth-order valence-corrected chi connectivity index (χ4v) is 2.99. The van der Waals surface area contributed by atoms with E-state index in [1.807, 2.05) is 12.1 Å². The monoisotopic (exact) mass is 391 g/mol. The van der Waals surface area contributed by atoms with Crippen LogP contribution in [0, 0.1) is 6.92 Å². The van der Waals surface area contributed by atoms with Gasteiger partial charge in [0.1, 0.15) is 5.76 Å². The predicted octanol–water partition coefficient (Wildman–Crippen LogP) is 2.78. The molecule has 0 unspecified atom stereocenters. The van der Waals surface area contributed by atoms with E-state index in [2.05, 4.69) is 26.4 Å². The first-order valence-corrected chi connectivity index (χ1v) is 8.61. The third-order valence-electron chi connectivity index (χ3n) is 4.07. The van der Waals surface area contributed by atoms with Gasteiger partial charge >= 0.3 is 0 Å². The minimum Gasteiger partial charge on any atom is -0.361 e. The molecular weight excluding hydrogens is 374 g/mol. The highest BCUT2D eigenvalue weighted by molar-refractivity contribution is 9.10. The molecule has 126 valence electrons. The number of amides is 2. The van der Waals surface area contributed by atoms with Crippen molar-refractivity contribution in [1.82, 2.24) is 15.4 Å². The molecule has 0 bridgehead atoms. The van der Waals surface area contributed by atoms with Crippen molar-refractivity contribution in [1.29, 1.82) is 0 Å². The van der Waals surface area contributed by atoms with Crippen LogP contribution in [0.1, 0.15) is 39.4 Å². The zero-order chi connectivity index (χ0) is 17.1. The lowest BCUT2D eigenvalue weighted by molar-refractivity contribution is 0.0688. The number of likely N-dealkylation sites (tertiary alicyclic amines) is 1. The van der Waals surface area contributed by atoms with Crippen LogP contribution < -0.4 is 5.32 Å². The van der Waals surface area contributed by atoms with Crippen molar-refractivity contribution < 1.29 is 14.1 Å². The van der Waals surface area contributed by atoms with Crippen molar-refractivity contribution in [2.24, 2.45) is 0 Å². The number of halogens is 1. The summed E-state index contributed by atoms with van der Waals surface area (Å²) >= 11 is 3.35. The van der Waals surface area contributed by atoms with Gasteiger partial charge in [0.05, 0.1) is 0 Å². The summed E-state index contributed by atoms with van der Waals surface area (Å²) in [6, 6.07) is 8.97. The first kappa shape index (κ1) is 16.7.